The van der Waals surface area contributed by atoms with Gasteiger partial charge in [0.05, 0.1) is 18.1 Å². The fraction of sp³-hybridized carbons (Fsp3) is 0.595. The van der Waals surface area contributed by atoms with Gasteiger partial charge < -0.3 is 30.6 Å². The van der Waals surface area contributed by atoms with Gasteiger partial charge in [-0.15, -0.1) is 12.3 Å². The van der Waals surface area contributed by atoms with Crippen LogP contribution < -0.4 is 10.6 Å². The van der Waals surface area contributed by atoms with Crippen LogP contribution in [-0.2, 0) is 27.3 Å². The van der Waals surface area contributed by atoms with Crippen LogP contribution >= 0.6 is 0 Å². The summed E-state index contributed by atoms with van der Waals surface area (Å²) in [5.74, 6) is 1.36. The second kappa shape index (κ2) is 22.3. The van der Waals surface area contributed by atoms with E-state index in [1.165, 1.54) is 12.0 Å². The predicted molar refractivity (Wildman–Crippen MR) is 203 cm³/mol. The summed E-state index contributed by atoms with van der Waals surface area (Å²) in [6.45, 7) is 5.89. The summed E-state index contributed by atoms with van der Waals surface area (Å²) in [6, 6.07) is 18.1. The molecule has 0 spiro atoms. The number of rotatable bonds is 21. The highest BCUT2D eigenvalue weighted by molar-refractivity contribution is 5.91. The molecular weight excluding hydrogens is 640 g/mol. The van der Waals surface area contributed by atoms with Gasteiger partial charge in [0.15, 0.2) is 0 Å². The van der Waals surface area contributed by atoms with Crippen molar-refractivity contribution >= 4 is 17.7 Å². The Bertz CT molecular complexity index is 1360. The molecule has 0 bridgehead atoms. The molecule has 2 aromatic rings. The Morgan fingerprint density at radius 2 is 1.51 bits per heavy atom. The van der Waals surface area contributed by atoms with Crippen LogP contribution in [0.5, 0.6) is 0 Å². The molecule has 0 saturated heterocycles. The second-order valence-corrected chi connectivity index (χ2v) is 15.0. The Morgan fingerprint density at radius 3 is 2.12 bits per heavy atom. The number of benzene rings is 2. The van der Waals surface area contributed by atoms with Crippen LogP contribution in [0.25, 0.3) is 0 Å². The SMILES string of the molecule is C#CCC[C@H](NC(=O)[C@@H](CC(=O)N(C)CCN(C)Cc1ccccc1)Cc1ccccc1)C(=O)N[C@@H](CC1CCCCC1)[C@@H](O)[C@@H](O)CC(C)C. The molecule has 3 rings (SSSR count). The number of nitrogens with one attached hydrogen (secondary N) is 2. The molecule has 3 amide bonds. The van der Waals surface area contributed by atoms with Crippen molar-refractivity contribution in [3.8, 4) is 12.3 Å². The average molecular weight is 703 g/mol. The number of carbonyl (C=O) groups is 3. The van der Waals surface area contributed by atoms with E-state index >= 15 is 0 Å². The summed E-state index contributed by atoms with van der Waals surface area (Å²) >= 11 is 0. The zero-order valence-electron chi connectivity index (χ0n) is 31.3. The van der Waals surface area contributed by atoms with Crippen molar-refractivity contribution in [2.24, 2.45) is 17.8 Å². The highest BCUT2D eigenvalue weighted by Crippen LogP contribution is 2.29. The van der Waals surface area contributed by atoms with Crippen LogP contribution in [0.4, 0.5) is 0 Å². The van der Waals surface area contributed by atoms with Crippen LogP contribution in [0.3, 0.4) is 0 Å². The number of nitrogens with zero attached hydrogens (tertiary/aromatic N) is 2. The minimum absolute atomic E-state index is 0.0203. The quantitative estimate of drug-likeness (QED) is 0.137. The van der Waals surface area contributed by atoms with Gasteiger partial charge in [0, 0.05) is 39.5 Å². The van der Waals surface area contributed by atoms with E-state index < -0.39 is 42.0 Å². The molecule has 1 aliphatic rings. The van der Waals surface area contributed by atoms with Crippen molar-refractivity contribution in [1.29, 1.82) is 0 Å². The van der Waals surface area contributed by atoms with Crippen molar-refractivity contribution in [1.82, 2.24) is 20.4 Å². The van der Waals surface area contributed by atoms with E-state index in [9.17, 15) is 24.6 Å². The number of aliphatic hydroxyl groups is 2. The van der Waals surface area contributed by atoms with E-state index in [4.69, 9.17) is 6.42 Å². The molecule has 0 aromatic heterocycles. The minimum atomic E-state index is -1.15. The maximum atomic E-state index is 14.0. The van der Waals surface area contributed by atoms with Gasteiger partial charge in [0.1, 0.15) is 12.1 Å². The third-order valence-corrected chi connectivity index (χ3v) is 10.0. The first-order chi connectivity index (χ1) is 24.5. The highest BCUT2D eigenvalue weighted by atomic mass is 16.3. The number of likely N-dealkylation sites (N-methyl/N-ethyl adjacent to an activating group) is 2. The number of aliphatic hydroxyl groups excluding tert-OH is 2. The van der Waals surface area contributed by atoms with E-state index in [0.717, 1.165) is 37.8 Å². The van der Waals surface area contributed by atoms with Gasteiger partial charge >= 0.3 is 0 Å². The lowest BCUT2D eigenvalue weighted by atomic mass is 9.82. The van der Waals surface area contributed by atoms with Crippen LogP contribution in [0.2, 0.25) is 0 Å². The summed E-state index contributed by atoms with van der Waals surface area (Å²) < 4.78 is 0. The largest absolute Gasteiger partial charge is 0.390 e. The van der Waals surface area contributed by atoms with E-state index in [0.29, 0.717) is 38.3 Å². The van der Waals surface area contributed by atoms with Gasteiger partial charge in [-0.3, -0.25) is 14.4 Å². The molecule has 0 aliphatic heterocycles. The van der Waals surface area contributed by atoms with Crippen molar-refractivity contribution in [2.45, 2.75) is 115 Å². The predicted octanol–water partition coefficient (Wildman–Crippen LogP) is 4.95. The number of hydrogen-bond donors (Lipinski definition) is 4. The monoisotopic (exact) mass is 702 g/mol. The van der Waals surface area contributed by atoms with E-state index in [1.807, 2.05) is 69.4 Å². The molecule has 51 heavy (non-hydrogen) atoms. The van der Waals surface area contributed by atoms with Gasteiger partial charge in [0.2, 0.25) is 17.7 Å². The molecule has 4 N–H and O–H groups in total. The molecule has 1 fully saturated rings. The number of carbonyl (C=O) groups excluding carboxylic acids is 3. The molecule has 1 saturated carbocycles. The van der Waals surface area contributed by atoms with Gasteiger partial charge in [-0.2, -0.15) is 0 Å². The van der Waals surface area contributed by atoms with Gasteiger partial charge in [-0.05, 0) is 55.7 Å². The Morgan fingerprint density at radius 1 is 0.882 bits per heavy atom. The molecule has 1 aliphatic carbocycles. The van der Waals surface area contributed by atoms with Crippen molar-refractivity contribution < 1.29 is 24.6 Å². The average Bonchev–Trinajstić information content (AvgIpc) is 3.12. The van der Waals surface area contributed by atoms with E-state index in [1.54, 1.807) is 11.9 Å². The fourth-order valence-electron chi connectivity index (χ4n) is 6.97. The minimum Gasteiger partial charge on any atom is -0.390 e. The third-order valence-electron chi connectivity index (χ3n) is 10.0. The summed E-state index contributed by atoms with van der Waals surface area (Å²) in [5.41, 5.74) is 2.11. The Balaban J connectivity index is 1.72. The highest BCUT2D eigenvalue weighted by Gasteiger charge is 2.34. The first-order valence-electron chi connectivity index (χ1n) is 18.9. The molecular formula is C42H62N4O5. The third kappa shape index (κ3) is 15.2. The first kappa shape index (κ1) is 41.7. The molecule has 5 atom stereocenters. The van der Waals surface area contributed by atoms with E-state index in [-0.39, 0.29) is 31.1 Å². The van der Waals surface area contributed by atoms with Crippen LogP contribution in [0, 0.1) is 30.1 Å². The summed E-state index contributed by atoms with van der Waals surface area (Å²) in [5, 5.41) is 28.1. The molecule has 0 unspecified atom stereocenters. The van der Waals surface area contributed by atoms with Crippen molar-refractivity contribution in [3.05, 3.63) is 71.8 Å². The Hall–Kier alpha value is -3.71. The number of amides is 3. The second-order valence-electron chi connectivity index (χ2n) is 15.0. The lowest BCUT2D eigenvalue weighted by Crippen LogP contribution is -2.56. The zero-order valence-corrected chi connectivity index (χ0v) is 31.3. The van der Waals surface area contributed by atoms with Gasteiger partial charge in [0.25, 0.3) is 0 Å². The maximum Gasteiger partial charge on any atom is 0.242 e. The topological polar surface area (TPSA) is 122 Å². The normalized spacial score (nSPS) is 16.5. The van der Waals surface area contributed by atoms with E-state index in [2.05, 4.69) is 33.6 Å². The summed E-state index contributed by atoms with van der Waals surface area (Å²) in [6.07, 6.45) is 10.6. The molecule has 0 heterocycles. The van der Waals surface area contributed by atoms with Crippen LogP contribution in [0.15, 0.2) is 60.7 Å². The first-order valence-corrected chi connectivity index (χ1v) is 18.9. The Labute approximate surface area is 306 Å². The van der Waals surface area contributed by atoms with Crippen LogP contribution in [0.1, 0.15) is 89.2 Å². The molecule has 2 aromatic carbocycles. The molecule has 9 heteroatoms. The molecule has 9 nitrogen and oxygen atoms in total. The zero-order chi connectivity index (χ0) is 37.2. The molecule has 0 radical (unpaired) electrons. The maximum absolute atomic E-state index is 14.0. The van der Waals surface area contributed by atoms with Crippen molar-refractivity contribution in [2.75, 3.05) is 27.2 Å². The lowest BCUT2D eigenvalue weighted by molar-refractivity contribution is -0.137. The lowest BCUT2D eigenvalue weighted by Gasteiger charge is -2.34. The number of hydrogen-bond acceptors (Lipinski definition) is 6. The van der Waals surface area contributed by atoms with Gasteiger partial charge in [-0.1, -0.05) is 107 Å². The van der Waals surface area contributed by atoms with Crippen LogP contribution in [-0.4, -0.2) is 89.2 Å². The van der Waals surface area contributed by atoms with Crippen molar-refractivity contribution in [3.63, 3.8) is 0 Å². The number of terminal acetylenes is 1. The fourth-order valence-corrected chi connectivity index (χ4v) is 6.97. The molecule has 280 valence electrons. The standard InChI is InChI=1S/C42H62N4O5/c1-6-7-23-36(42(51)44-37(28-33-19-13-9-14-20-33)40(49)38(47)26-31(2)3)43-41(50)35(27-32-17-11-8-12-18-32)29-39(48)46(5)25-24-45(4)30-34-21-15-10-16-22-34/h1,8,10-12,15-18,21-22,31,33,35-38,40,47,49H,7,9,13-14,19-20,23-30H2,2-5H3,(H,43,50)(H,44,51)/t35-,36+,37+,38+,40-/m1/s1. The Kier molecular flexibility index (Phi) is 18.2. The summed E-state index contributed by atoms with van der Waals surface area (Å²) in [4.78, 5) is 45.3. The summed E-state index contributed by atoms with van der Waals surface area (Å²) in [7, 11) is 3.77. The van der Waals surface area contributed by atoms with Gasteiger partial charge in [-0.25, -0.2) is 0 Å². The smallest absolute Gasteiger partial charge is 0.242 e.